The number of likely N-dealkylation sites (N-methyl/N-ethyl adjacent to an activating group) is 1. The van der Waals surface area contributed by atoms with E-state index in [1.54, 1.807) is 6.08 Å². The zero-order valence-corrected chi connectivity index (χ0v) is 59.0. The standard InChI is InChI=1S/C77H147N2O6P/c1-6-8-10-12-14-16-18-20-22-24-26-28-30-32-34-36-38-39-41-43-45-47-49-51-53-55-57-59-61-63-65-67-69-71-77(81)78-75(74-85-86(82,83)84-73-72-79(3,4)5)76(80)70-68-66-64-62-60-58-56-54-52-50-48-46-44-42-40-37-35-33-31-29-27-25-23-21-19-17-15-13-11-9-7-2/h18,20,24,26,52,54,60,62,68,70,75-76,80H,6-17,19,21-23,25,27-51,53,55-59,61,63-67,69,71-74H2,1-5H3,(H-,78,81,82,83)/p+1/b20-18-,26-24-,54-52+,62-60+,70-68+. The molecule has 0 rings (SSSR count). The van der Waals surface area contributed by atoms with Gasteiger partial charge in [-0.2, -0.15) is 0 Å². The van der Waals surface area contributed by atoms with Crippen LogP contribution < -0.4 is 5.32 Å². The zero-order valence-electron chi connectivity index (χ0n) is 58.1. The summed E-state index contributed by atoms with van der Waals surface area (Å²) in [6.45, 7) is 4.83. The molecule has 1 amide bonds. The van der Waals surface area contributed by atoms with Gasteiger partial charge in [0.1, 0.15) is 13.2 Å². The van der Waals surface area contributed by atoms with Gasteiger partial charge in [0.05, 0.1) is 39.9 Å². The number of nitrogens with one attached hydrogen (secondary N) is 1. The van der Waals surface area contributed by atoms with Crippen LogP contribution in [0.25, 0.3) is 0 Å². The van der Waals surface area contributed by atoms with Crippen LogP contribution in [0.5, 0.6) is 0 Å². The monoisotopic (exact) mass is 1230 g/mol. The molecule has 3 atom stereocenters. The number of carbonyl (C=O) groups is 1. The quantitative estimate of drug-likeness (QED) is 0.0243. The molecule has 0 spiro atoms. The van der Waals surface area contributed by atoms with Crippen molar-refractivity contribution in [1.82, 2.24) is 5.32 Å². The van der Waals surface area contributed by atoms with Gasteiger partial charge in [0.15, 0.2) is 0 Å². The van der Waals surface area contributed by atoms with Crippen molar-refractivity contribution in [2.75, 3.05) is 40.9 Å². The molecule has 3 unspecified atom stereocenters. The van der Waals surface area contributed by atoms with Crippen LogP contribution in [0.2, 0.25) is 0 Å². The SMILES string of the molecule is CCCCCCC/C=C\C/C=C\CCCCCCCCCCCCCCCCCCCCCCCC(=O)NC(COP(=O)(O)OCC[N+](C)(C)C)C(O)/C=C/CC/C=C/CC/C=C/CCCCCCCCCCCCCCCCCCCCCCC. The predicted octanol–water partition coefficient (Wildman–Crippen LogP) is 24.3. The maximum absolute atomic E-state index is 13.1. The Bertz CT molecular complexity index is 1590. The molecule has 506 valence electrons. The maximum Gasteiger partial charge on any atom is 0.472 e. The third-order valence-electron chi connectivity index (χ3n) is 17.2. The van der Waals surface area contributed by atoms with Crippen molar-refractivity contribution in [3.63, 3.8) is 0 Å². The van der Waals surface area contributed by atoms with Crippen LogP contribution in [0.4, 0.5) is 0 Å². The van der Waals surface area contributed by atoms with Gasteiger partial charge < -0.3 is 19.8 Å². The minimum atomic E-state index is -4.37. The molecule has 0 radical (unpaired) electrons. The molecule has 0 saturated carbocycles. The average Bonchev–Trinajstić information content (AvgIpc) is 3.70. The predicted molar refractivity (Wildman–Crippen MR) is 378 cm³/mol. The summed E-state index contributed by atoms with van der Waals surface area (Å²) in [6.07, 6.45) is 94.0. The number of phosphoric acid groups is 1. The van der Waals surface area contributed by atoms with Gasteiger partial charge in [-0.3, -0.25) is 13.8 Å². The summed E-state index contributed by atoms with van der Waals surface area (Å²) in [5, 5.41) is 14.0. The van der Waals surface area contributed by atoms with Gasteiger partial charge in [-0.1, -0.05) is 351 Å². The first-order chi connectivity index (χ1) is 42.0. The number of unbranched alkanes of at least 4 members (excludes halogenated alkanes) is 49. The molecule has 0 aromatic heterocycles. The third kappa shape index (κ3) is 69.7. The Morgan fingerprint density at radius 2 is 0.674 bits per heavy atom. The first-order valence-corrected chi connectivity index (χ1v) is 39.2. The summed E-state index contributed by atoms with van der Waals surface area (Å²) >= 11 is 0. The average molecular weight is 1230 g/mol. The number of rotatable bonds is 70. The van der Waals surface area contributed by atoms with E-state index in [-0.39, 0.29) is 19.1 Å². The fourth-order valence-electron chi connectivity index (χ4n) is 11.3. The van der Waals surface area contributed by atoms with Gasteiger partial charge in [-0.05, 0) is 77.0 Å². The van der Waals surface area contributed by atoms with E-state index in [9.17, 15) is 19.4 Å². The van der Waals surface area contributed by atoms with Crippen molar-refractivity contribution in [3.05, 3.63) is 60.8 Å². The molecule has 0 aromatic carbocycles. The van der Waals surface area contributed by atoms with Gasteiger partial charge in [0.2, 0.25) is 5.91 Å². The Kier molecular flexibility index (Phi) is 66.2. The Morgan fingerprint density at radius 1 is 0.395 bits per heavy atom. The van der Waals surface area contributed by atoms with Gasteiger partial charge >= 0.3 is 7.82 Å². The van der Waals surface area contributed by atoms with Crippen LogP contribution in [0, 0.1) is 0 Å². The van der Waals surface area contributed by atoms with Crippen LogP contribution in [0.1, 0.15) is 373 Å². The van der Waals surface area contributed by atoms with E-state index in [4.69, 9.17) is 9.05 Å². The molecule has 0 heterocycles. The molecule has 0 aliphatic heterocycles. The number of amides is 1. The van der Waals surface area contributed by atoms with Crippen molar-refractivity contribution in [2.24, 2.45) is 0 Å². The molecule has 0 fully saturated rings. The fourth-order valence-corrected chi connectivity index (χ4v) is 12.1. The van der Waals surface area contributed by atoms with E-state index in [0.29, 0.717) is 17.4 Å². The highest BCUT2D eigenvalue weighted by molar-refractivity contribution is 7.47. The minimum Gasteiger partial charge on any atom is -0.387 e. The Morgan fingerprint density at radius 3 is 1.00 bits per heavy atom. The second-order valence-corrected chi connectivity index (χ2v) is 28.5. The number of aliphatic hydroxyl groups excluding tert-OH is 1. The van der Waals surface area contributed by atoms with Crippen LogP contribution >= 0.6 is 7.82 Å². The molecule has 9 heteroatoms. The summed E-state index contributed by atoms with van der Waals surface area (Å²) < 4.78 is 23.8. The summed E-state index contributed by atoms with van der Waals surface area (Å²) in [6, 6.07) is -0.872. The van der Waals surface area contributed by atoms with Crippen molar-refractivity contribution in [1.29, 1.82) is 0 Å². The van der Waals surface area contributed by atoms with Gasteiger partial charge in [0, 0.05) is 6.42 Å². The van der Waals surface area contributed by atoms with Crippen LogP contribution in [-0.4, -0.2) is 73.4 Å². The van der Waals surface area contributed by atoms with Crippen molar-refractivity contribution >= 4 is 13.7 Å². The number of carbonyl (C=O) groups excluding carboxylic acids is 1. The number of phosphoric ester groups is 1. The molecular weight excluding hydrogens is 1080 g/mol. The van der Waals surface area contributed by atoms with Crippen molar-refractivity contribution in [3.8, 4) is 0 Å². The van der Waals surface area contributed by atoms with Crippen LogP contribution in [0.3, 0.4) is 0 Å². The smallest absolute Gasteiger partial charge is 0.387 e. The first kappa shape index (κ1) is 84.2. The zero-order chi connectivity index (χ0) is 62.6. The highest BCUT2D eigenvalue weighted by Crippen LogP contribution is 2.43. The summed E-state index contributed by atoms with van der Waals surface area (Å²) in [5.74, 6) is -0.185. The highest BCUT2D eigenvalue weighted by Gasteiger charge is 2.28. The second kappa shape index (κ2) is 67.6. The van der Waals surface area contributed by atoms with Gasteiger partial charge in [0.25, 0.3) is 0 Å². The van der Waals surface area contributed by atoms with E-state index < -0.39 is 20.0 Å². The summed E-state index contributed by atoms with van der Waals surface area (Å²) in [5.41, 5.74) is 0. The number of hydrogen-bond acceptors (Lipinski definition) is 5. The molecule has 0 aromatic rings. The highest BCUT2D eigenvalue weighted by atomic mass is 31.2. The normalized spacial score (nSPS) is 13.9. The number of allylic oxidation sites excluding steroid dienone is 9. The van der Waals surface area contributed by atoms with E-state index in [1.165, 1.54) is 302 Å². The van der Waals surface area contributed by atoms with E-state index in [2.05, 4.69) is 67.8 Å². The molecule has 0 bridgehead atoms. The van der Waals surface area contributed by atoms with Gasteiger partial charge in [-0.25, -0.2) is 4.57 Å². The number of nitrogens with zero attached hydrogens (tertiary/aromatic N) is 1. The Hall–Kier alpha value is -1.80. The minimum absolute atomic E-state index is 0.0538. The first-order valence-electron chi connectivity index (χ1n) is 37.7. The van der Waals surface area contributed by atoms with E-state index in [0.717, 1.165) is 51.4 Å². The number of quaternary nitrogens is 1. The van der Waals surface area contributed by atoms with Crippen LogP contribution in [0.15, 0.2) is 60.8 Å². The Labute approximate surface area is 536 Å². The van der Waals surface area contributed by atoms with E-state index >= 15 is 0 Å². The number of aliphatic hydroxyl groups is 1. The molecular formula is C77H148N2O6P+. The largest absolute Gasteiger partial charge is 0.472 e. The molecule has 3 N–H and O–H groups in total. The lowest BCUT2D eigenvalue weighted by molar-refractivity contribution is -0.870. The number of hydrogen-bond donors (Lipinski definition) is 3. The van der Waals surface area contributed by atoms with E-state index in [1.807, 2.05) is 27.2 Å². The topological polar surface area (TPSA) is 105 Å². The third-order valence-corrected chi connectivity index (χ3v) is 18.2. The van der Waals surface area contributed by atoms with Crippen molar-refractivity contribution < 1.29 is 32.9 Å². The summed E-state index contributed by atoms with van der Waals surface area (Å²) in [4.78, 5) is 23.4. The lowest BCUT2D eigenvalue weighted by Crippen LogP contribution is -2.45. The molecule has 8 nitrogen and oxygen atoms in total. The summed E-state index contributed by atoms with van der Waals surface area (Å²) in [7, 11) is 1.56. The second-order valence-electron chi connectivity index (χ2n) is 27.0. The van der Waals surface area contributed by atoms with Gasteiger partial charge in [-0.15, -0.1) is 0 Å². The molecule has 0 aliphatic carbocycles. The molecule has 86 heavy (non-hydrogen) atoms. The fraction of sp³-hybridized carbons (Fsp3) is 0.857. The Balaban J connectivity index is 4.06. The van der Waals surface area contributed by atoms with Crippen LogP contribution in [-0.2, 0) is 18.4 Å². The van der Waals surface area contributed by atoms with Crippen molar-refractivity contribution in [2.45, 2.75) is 386 Å². The maximum atomic E-state index is 13.1. The molecule has 0 saturated heterocycles. The lowest BCUT2D eigenvalue weighted by Gasteiger charge is -2.25. The molecule has 0 aliphatic rings. The lowest BCUT2D eigenvalue weighted by atomic mass is 10.0.